The fourth-order valence-electron chi connectivity index (χ4n) is 3.72. The number of morpholine rings is 1. The monoisotopic (exact) mass is 439 g/mol. The highest BCUT2D eigenvalue weighted by atomic mass is 32.2. The fraction of sp³-hybridized carbons (Fsp3) is 0.261. The minimum absolute atomic E-state index is 0.0379. The van der Waals surface area contributed by atoms with Gasteiger partial charge in [-0.15, -0.1) is 0 Å². The molecule has 1 saturated heterocycles. The zero-order valence-corrected chi connectivity index (χ0v) is 18.4. The predicted molar refractivity (Wildman–Crippen MR) is 122 cm³/mol. The zero-order valence-electron chi connectivity index (χ0n) is 17.5. The van der Waals surface area contributed by atoms with Crippen LogP contribution in [0.5, 0.6) is 0 Å². The molecular formula is C23H25N3O4S. The lowest BCUT2D eigenvalue weighted by atomic mass is 10.1. The van der Waals surface area contributed by atoms with Crippen molar-refractivity contribution < 1.29 is 17.9 Å². The SMILES string of the molecule is CN(C)c1cccc2c(S(=O)(=O)Nc3ccc(CN4CCOCC4=O)cc3)cccc12. The summed E-state index contributed by atoms with van der Waals surface area (Å²) in [6, 6.07) is 18.0. The van der Waals surface area contributed by atoms with E-state index in [1.165, 1.54) is 0 Å². The minimum atomic E-state index is -3.78. The molecule has 1 amide bonds. The van der Waals surface area contributed by atoms with Gasteiger partial charge >= 0.3 is 0 Å². The van der Waals surface area contributed by atoms with Gasteiger partial charge in [0.25, 0.3) is 10.0 Å². The Morgan fingerprint density at radius 1 is 1.00 bits per heavy atom. The second-order valence-corrected chi connectivity index (χ2v) is 9.34. The van der Waals surface area contributed by atoms with Crippen LogP contribution in [-0.4, -0.2) is 53.1 Å². The number of hydrogen-bond acceptors (Lipinski definition) is 5. The largest absolute Gasteiger partial charge is 0.377 e. The smallest absolute Gasteiger partial charge is 0.262 e. The second-order valence-electron chi connectivity index (χ2n) is 7.69. The van der Waals surface area contributed by atoms with Crippen molar-refractivity contribution in [2.45, 2.75) is 11.4 Å². The molecule has 3 aromatic carbocycles. The summed E-state index contributed by atoms with van der Waals surface area (Å²) in [6.45, 7) is 1.68. The number of carbonyl (C=O) groups excluding carboxylic acids is 1. The van der Waals surface area contributed by atoms with Crippen molar-refractivity contribution in [3.05, 3.63) is 66.2 Å². The Morgan fingerprint density at radius 2 is 1.71 bits per heavy atom. The molecule has 0 bridgehead atoms. The van der Waals surface area contributed by atoms with Gasteiger partial charge in [0.1, 0.15) is 6.61 Å². The normalized spacial score (nSPS) is 14.6. The highest BCUT2D eigenvalue weighted by Crippen LogP contribution is 2.31. The van der Waals surface area contributed by atoms with Gasteiger partial charge in [-0.05, 0) is 29.8 Å². The summed E-state index contributed by atoms with van der Waals surface area (Å²) in [5, 5.41) is 1.55. The van der Waals surface area contributed by atoms with Gasteiger partial charge in [-0.3, -0.25) is 9.52 Å². The Hall–Kier alpha value is -3.10. The van der Waals surface area contributed by atoms with E-state index in [9.17, 15) is 13.2 Å². The third kappa shape index (κ3) is 4.50. The fourth-order valence-corrected chi connectivity index (χ4v) is 5.00. The summed E-state index contributed by atoms with van der Waals surface area (Å²) in [4.78, 5) is 15.8. The maximum atomic E-state index is 13.2. The van der Waals surface area contributed by atoms with Gasteiger partial charge in [-0.1, -0.05) is 36.4 Å². The van der Waals surface area contributed by atoms with Gasteiger partial charge in [-0.2, -0.15) is 0 Å². The Labute approximate surface area is 182 Å². The Bertz CT molecular complexity index is 1210. The molecule has 1 N–H and O–H groups in total. The van der Waals surface area contributed by atoms with Gasteiger partial charge in [0, 0.05) is 49.3 Å². The molecule has 0 aliphatic carbocycles. The molecule has 0 aromatic heterocycles. The maximum Gasteiger partial charge on any atom is 0.262 e. The van der Waals surface area contributed by atoms with E-state index in [1.54, 1.807) is 29.2 Å². The van der Waals surface area contributed by atoms with Crippen LogP contribution in [0.15, 0.2) is 65.6 Å². The average Bonchev–Trinajstić information content (AvgIpc) is 2.75. The number of hydrogen-bond donors (Lipinski definition) is 1. The molecule has 1 aliphatic heterocycles. The molecule has 0 spiro atoms. The standard InChI is InChI=1S/C23H25N3O4S/c1-25(2)21-7-3-6-20-19(21)5-4-8-22(20)31(28,29)24-18-11-9-17(10-12-18)15-26-13-14-30-16-23(26)27/h3-12,24H,13-16H2,1-2H3. The van der Waals surface area contributed by atoms with E-state index in [1.807, 2.05) is 55.4 Å². The number of carbonyl (C=O) groups is 1. The van der Waals surface area contributed by atoms with Gasteiger partial charge < -0.3 is 14.5 Å². The molecule has 3 aromatic rings. The van der Waals surface area contributed by atoms with Gasteiger partial charge in [0.05, 0.1) is 11.5 Å². The molecule has 1 heterocycles. The molecule has 0 atom stereocenters. The summed E-state index contributed by atoms with van der Waals surface area (Å²) in [7, 11) is 0.0808. The van der Waals surface area contributed by atoms with Crippen molar-refractivity contribution in [2.75, 3.05) is 43.5 Å². The summed E-state index contributed by atoms with van der Waals surface area (Å²) in [6.07, 6.45) is 0. The Morgan fingerprint density at radius 3 is 2.42 bits per heavy atom. The summed E-state index contributed by atoms with van der Waals surface area (Å²) >= 11 is 0. The van der Waals surface area contributed by atoms with Crippen LogP contribution in [0.2, 0.25) is 0 Å². The Balaban J connectivity index is 1.57. The highest BCUT2D eigenvalue weighted by Gasteiger charge is 2.20. The van der Waals surface area contributed by atoms with Crippen LogP contribution in [-0.2, 0) is 26.1 Å². The molecule has 7 nitrogen and oxygen atoms in total. The molecule has 4 rings (SSSR count). The molecule has 1 fully saturated rings. The quantitative estimate of drug-likeness (QED) is 0.639. The van der Waals surface area contributed by atoms with Crippen LogP contribution in [0, 0.1) is 0 Å². The molecular weight excluding hydrogens is 414 g/mol. The maximum absolute atomic E-state index is 13.2. The third-order valence-corrected chi connectivity index (χ3v) is 6.73. The number of ether oxygens (including phenoxy) is 1. The molecule has 162 valence electrons. The topological polar surface area (TPSA) is 79.0 Å². The summed E-state index contributed by atoms with van der Waals surface area (Å²) in [5.41, 5.74) is 2.35. The van der Waals surface area contributed by atoms with Crippen molar-refractivity contribution in [1.29, 1.82) is 0 Å². The third-order valence-electron chi connectivity index (χ3n) is 5.29. The first kappa shape index (κ1) is 21.1. The molecule has 0 unspecified atom stereocenters. The van der Waals surface area contributed by atoms with E-state index in [4.69, 9.17) is 4.74 Å². The van der Waals surface area contributed by atoms with Gasteiger partial charge in [0.2, 0.25) is 5.91 Å². The van der Waals surface area contributed by atoms with Crippen LogP contribution >= 0.6 is 0 Å². The lowest BCUT2D eigenvalue weighted by Crippen LogP contribution is -2.40. The molecule has 8 heteroatoms. The lowest BCUT2D eigenvalue weighted by Gasteiger charge is -2.26. The molecule has 0 saturated carbocycles. The van der Waals surface area contributed by atoms with Crippen molar-refractivity contribution in [2.24, 2.45) is 0 Å². The number of benzene rings is 3. The number of nitrogens with one attached hydrogen (secondary N) is 1. The highest BCUT2D eigenvalue weighted by molar-refractivity contribution is 7.93. The molecule has 0 radical (unpaired) electrons. The van der Waals surface area contributed by atoms with E-state index in [-0.39, 0.29) is 17.4 Å². The number of amides is 1. The zero-order chi connectivity index (χ0) is 22.0. The van der Waals surface area contributed by atoms with Crippen molar-refractivity contribution in [3.8, 4) is 0 Å². The minimum Gasteiger partial charge on any atom is -0.377 e. The van der Waals surface area contributed by atoms with Crippen LogP contribution in [0.25, 0.3) is 10.8 Å². The van der Waals surface area contributed by atoms with E-state index in [0.717, 1.165) is 16.6 Å². The van der Waals surface area contributed by atoms with Crippen LogP contribution in [0.3, 0.4) is 0 Å². The Kier molecular flexibility index (Phi) is 5.84. The lowest BCUT2D eigenvalue weighted by molar-refractivity contribution is -0.143. The first-order valence-electron chi connectivity index (χ1n) is 10.0. The number of anilines is 2. The number of sulfonamides is 1. The van der Waals surface area contributed by atoms with E-state index in [2.05, 4.69) is 4.72 Å². The van der Waals surface area contributed by atoms with E-state index < -0.39 is 10.0 Å². The summed E-state index contributed by atoms with van der Waals surface area (Å²) in [5.74, 6) is -0.0379. The molecule has 31 heavy (non-hydrogen) atoms. The predicted octanol–water partition coefficient (Wildman–Crippen LogP) is 3.07. The number of fused-ring (bicyclic) bond motifs is 1. The first-order valence-corrected chi connectivity index (χ1v) is 11.5. The summed E-state index contributed by atoms with van der Waals surface area (Å²) < 4.78 is 34.1. The van der Waals surface area contributed by atoms with Crippen LogP contribution in [0.4, 0.5) is 11.4 Å². The number of nitrogens with zero attached hydrogens (tertiary/aromatic N) is 2. The average molecular weight is 440 g/mol. The second kappa shape index (κ2) is 8.56. The van der Waals surface area contributed by atoms with Gasteiger partial charge in [-0.25, -0.2) is 8.42 Å². The van der Waals surface area contributed by atoms with Crippen molar-refractivity contribution >= 4 is 38.1 Å². The van der Waals surface area contributed by atoms with Gasteiger partial charge in [0.15, 0.2) is 0 Å². The number of rotatable bonds is 6. The van der Waals surface area contributed by atoms with E-state index >= 15 is 0 Å². The molecule has 1 aliphatic rings. The van der Waals surface area contributed by atoms with Crippen molar-refractivity contribution in [3.63, 3.8) is 0 Å². The first-order chi connectivity index (χ1) is 14.8. The van der Waals surface area contributed by atoms with E-state index in [0.29, 0.717) is 30.8 Å². The van der Waals surface area contributed by atoms with Crippen LogP contribution < -0.4 is 9.62 Å². The van der Waals surface area contributed by atoms with Crippen molar-refractivity contribution in [1.82, 2.24) is 4.90 Å². The van der Waals surface area contributed by atoms with Crippen LogP contribution in [0.1, 0.15) is 5.56 Å².